The average molecular weight is 390 g/mol. The number of aliphatic carboxylic acids is 1. The lowest BCUT2D eigenvalue weighted by molar-refractivity contribution is -0.142. The van der Waals surface area contributed by atoms with Gasteiger partial charge in [0.15, 0.2) is 0 Å². The molecule has 0 spiro atoms. The molecule has 1 aromatic carbocycles. The van der Waals surface area contributed by atoms with Gasteiger partial charge in [-0.15, -0.1) is 0 Å². The van der Waals surface area contributed by atoms with E-state index in [-0.39, 0.29) is 18.7 Å². The number of halogens is 1. The lowest BCUT2D eigenvalue weighted by Gasteiger charge is -2.21. The molecule has 27 heavy (non-hydrogen) atoms. The summed E-state index contributed by atoms with van der Waals surface area (Å²) in [6.07, 6.45) is 1.75. The van der Waals surface area contributed by atoms with Gasteiger partial charge in [0, 0.05) is 26.0 Å². The molecule has 2 aromatic rings. The number of pyridine rings is 1. The molecule has 0 radical (unpaired) electrons. The van der Waals surface area contributed by atoms with Gasteiger partial charge in [0.25, 0.3) is 0 Å². The Labute approximate surface area is 161 Å². The standard InChI is InChI=1S/C19H20ClN3O4/c1-12(24)22-15(9-13-5-3-2-4-6-13)18(25)23-16(19(26)27)10-14-7-8-17(20)21-11-14/h2-8,11,15-16H,9-10H2,1H3,(H,22,24)(H,23,25)(H,26,27)/t15-,16+/m1/s1. The van der Waals surface area contributed by atoms with Crippen LogP contribution < -0.4 is 10.6 Å². The predicted molar refractivity (Wildman–Crippen MR) is 100 cm³/mol. The molecule has 7 nitrogen and oxygen atoms in total. The first-order chi connectivity index (χ1) is 12.8. The minimum absolute atomic E-state index is 0.0450. The minimum Gasteiger partial charge on any atom is -0.480 e. The van der Waals surface area contributed by atoms with Gasteiger partial charge in [-0.2, -0.15) is 0 Å². The molecule has 0 aliphatic rings. The lowest BCUT2D eigenvalue weighted by Crippen LogP contribution is -2.52. The van der Waals surface area contributed by atoms with E-state index in [0.29, 0.717) is 10.7 Å². The van der Waals surface area contributed by atoms with Gasteiger partial charge >= 0.3 is 5.97 Å². The van der Waals surface area contributed by atoms with Gasteiger partial charge in [-0.3, -0.25) is 9.59 Å². The summed E-state index contributed by atoms with van der Waals surface area (Å²) in [7, 11) is 0. The Kier molecular flexibility index (Phi) is 7.31. The van der Waals surface area contributed by atoms with Gasteiger partial charge in [-0.05, 0) is 17.2 Å². The van der Waals surface area contributed by atoms with Crippen molar-refractivity contribution in [2.24, 2.45) is 0 Å². The molecule has 0 aliphatic heterocycles. The van der Waals surface area contributed by atoms with Crippen molar-refractivity contribution in [1.29, 1.82) is 0 Å². The number of carbonyl (C=O) groups is 3. The van der Waals surface area contributed by atoms with Crippen LogP contribution in [0.25, 0.3) is 0 Å². The minimum atomic E-state index is -1.18. The third-order valence-corrected chi connectivity index (χ3v) is 4.04. The highest BCUT2D eigenvalue weighted by atomic mass is 35.5. The zero-order chi connectivity index (χ0) is 19.8. The van der Waals surface area contributed by atoms with Crippen molar-refractivity contribution in [1.82, 2.24) is 15.6 Å². The molecule has 0 saturated heterocycles. The summed E-state index contributed by atoms with van der Waals surface area (Å²) in [5, 5.41) is 14.8. The zero-order valence-electron chi connectivity index (χ0n) is 14.7. The fraction of sp³-hybridized carbons (Fsp3) is 0.263. The molecule has 2 atom stereocenters. The fourth-order valence-corrected chi connectivity index (χ4v) is 2.65. The molecule has 1 heterocycles. The maximum atomic E-state index is 12.6. The van der Waals surface area contributed by atoms with Crippen molar-refractivity contribution >= 4 is 29.4 Å². The maximum absolute atomic E-state index is 12.6. The van der Waals surface area contributed by atoms with Crippen molar-refractivity contribution in [3.63, 3.8) is 0 Å². The van der Waals surface area contributed by atoms with Crippen LogP contribution in [0.5, 0.6) is 0 Å². The highest BCUT2D eigenvalue weighted by Crippen LogP contribution is 2.09. The summed E-state index contributed by atoms with van der Waals surface area (Å²) in [6.45, 7) is 1.30. The Balaban J connectivity index is 2.10. The number of benzene rings is 1. The number of hydrogen-bond acceptors (Lipinski definition) is 4. The van der Waals surface area contributed by atoms with Crippen molar-refractivity contribution < 1.29 is 19.5 Å². The Morgan fingerprint density at radius 3 is 2.22 bits per heavy atom. The molecule has 0 unspecified atom stereocenters. The topological polar surface area (TPSA) is 108 Å². The van der Waals surface area contributed by atoms with E-state index < -0.39 is 24.0 Å². The molecule has 1 aromatic heterocycles. The van der Waals surface area contributed by atoms with Crippen LogP contribution in [0, 0.1) is 0 Å². The highest BCUT2D eigenvalue weighted by Gasteiger charge is 2.26. The number of nitrogens with zero attached hydrogens (tertiary/aromatic N) is 1. The summed E-state index contributed by atoms with van der Waals surface area (Å²) in [4.78, 5) is 39.5. The van der Waals surface area contributed by atoms with E-state index in [1.165, 1.54) is 13.1 Å². The second kappa shape index (κ2) is 9.68. The highest BCUT2D eigenvalue weighted by molar-refractivity contribution is 6.29. The van der Waals surface area contributed by atoms with Crippen molar-refractivity contribution in [3.05, 3.63) is 64.9 Å². The summed E-state index contributed by atoms with van der Waals surface area (Å²) in [6, 6.07) is 10.3. The van der Waals surface area contributed by atoms with Gasteiger partial charge in [0.2, 0.25) is 11.8 Å². The van der Waals surface area contributed by atoms with Crippen LogP contribution in [-0.4, -0.2) is 40.0 Å². The van der Waals surface area contributed by atoms with Crippen LogP contribution in [0.4, 0.5) is 0 Å². The lowest BCUT2D eigenvalue weighted by atomic mass is 10.0. The Morgan fingerprint density at radius 2 is 1.67 bits per heavy atom. The molecular formula is C19H20ClN3O4. The molecule has 0 saturated carbocycles. The number of carboxylic acids is 1. The smallest absolute Gasteiger partial charge is 0.326 e. The largest absolute Gasteiger partial charge is 0.480 e. The van der Waals surface area contributed by atoms with E-state index in [4.69, 9.17) is 11.6 Å². The number of rotatable bonds is 8. The molecule has 2 amide bonds. The summed E-state index contributed by atoms with van der Waals surface area (Å²) >= 11 is 5.72. The SMILES string of the molecule is CC(=O)N[C@H](Cc1ccccc1)C(=O)N[C@@H](Cc1ccc(Cl)nc1)C(=O)O. The van der Waals surface area contributed by atoms with Crippen molar-refractivity contribution in [2.45, 2.75) is 31.8 Å². The van der Waals surface area contributed by atoms with E-state index in [1.54, 1.807) is 12.1 Å². The van der Waals surface area contributed by atoms with E-state index in [1.807, 2.05) is 30.3 Å². The van der Waals surface area contributed by atoms with Crippen LogP contribution >= 0.6 is 11.6 Å². The zero-order valence-corrected chi connectivity index (χ0v) is 15.4. The quantitative estimate of drug-likeness (QED) is 0.594. The first-order valence-electron chi connectivity index (χ1n) is 8.30. The normalized spacial score (nSPS) is 12.7. The molecule has 0 bridgehead atoms. The second-order valence-corrected chi connectivity index (χ2v) is 6.42. The molecule has 142 valence electrons. The number of amides is 2. The average Bonchev–Trinajstić information content (AvgIpc) is 2.62. The van der Waals surface area contributed by atoms with Gasteiger partial charge in [-0.1, -0.05) is 48.0 Å². The summed E-state index contributed by atoms with van der Waals surface area (Å²) in [5.41, 5.74) is 1.46. The third-order valence-electron chi connectivity index (χ3n) is 3.82. The van der Waals surface area contributed by atoms with Crippen molar-refractivity contribution in [2.75, 3.05) is 0 Å². The second-order valence-electron chi connectivity index (χ2n) is 6.04. The van der Waals surface area contributed by atoms with E-state index in [0.717, 1.165) is 5.56 Å². The van der Waals surface area contributed by atoms with Crippen LogP contribution in [0.3, 0.4) is 0 Å². The van der Waals surface area contributed by atoms with Gasteiger partial charge in [-0.25, -0.2) is 9.78 Å². The number of hydrogen-bond donors (Lipinski definition) is 3. The Morgan fingerprint density at radius 1 is 1.00 bits per heavy atom. The number of aromatic nitrogens is 1. The Hall–Kier alpha value is -2.93. The van der Waals surface area contributed by atoms with Crippen LogP contribution in [0.1, 0.15) is 18.1 Å². The third kappa shape index (κ3) is 6.71. The van der Waals surface area contributed by atoms with E-state index in [2.05, 4.69) is 15.6 Å². The molecule has 0 aliphatic carbocycles. The number of carbonyl (C=O) groups excluding carboxylic acids is 2. The first kappa shape index (κ1) is 20.4. The summed E-state index contributed by atoms with van der Waals surface area (Å²) in [5.74, 6) is -2.12. The van der Waals surface area contributed by atoms with Gasteiger partial charge in [0.1, 0.15) is 17.2 Å². The maximum Gasteiger partial charge on any atom is 0.326 e. The van der Waals surface area contributed by atoms with Crippen molar-refractivity contribution in [3.8, 4) is 0 Å². The Bertz CT molecular complexity index is 796. The number of nitrogens with one attached hydrogen (secondary N) is 2. The van der Waals surface area contributed by atoms with Crippen LogP contribution in [-0.2, 0) is 27.2 Å². The number of carboxylic acid groups (broad SMARTS) is 1. The van der Waals surface area contributed by atoms with E-state index >= 15 is 0 Å². The van der Waals surface area contributed by atoms with E-state index in [9.17, 15) is 19.5 Å². The predicted octanol–water partition coefficient (Wildman–Crippen LogP) is 1.59. The fourth-order valence-electron chi connectivity index (χ4n) is 2.54. The molecule has 3 N–H and O–H groups in total. The molecule has 0 fully saturated rings. The van der Waals surface area contributed by atoms with Gasteiger partial charge < -0.3 is 15.7 Å². The molecular weight excluding hydrogens is 370 g/mol. The monoisotopic (exact) mass is 389 g/mol. The van der Waals surface area contributed by atoms with Gasteiger partial charge in [0.05, 0.1) is 0 Å². The summed E-state index contributed by atoms with van der Waals surface area (Å²) < 4.78 is 0. The van der Waals surface area contributed by atoms with Crippen LogP contribution in [0.15, 0.2) is 48.7 Å². The first-order valence-corrected chi connectivity index (χ1v) is 8.67. The van der Waals surface area contributed by atoms with Crippen LogP contribution in [0.2, 0.25) is 5.15 Å². The molecule has 8 heteroatoms. The molecule has 2 rings (SSSR count).